The van der Waals surface area contributed by atoms with Crippen LogP contribution in [0.25, 0.3) is 0 Å². The highest BCUT2D eigenvalue weighted by atomic mass is 35.5. The Kier molecular flexibility index (Phi) is 5.59. The molecule has 0 unspecified atom stereocenters. The van der Waals surface area contributed by atoms with Gasteiger partial charge < -0.3 is 9.80 Å². The Bertz CT molecular complexity index is 478. The topological polar surface area (TPSA) is 6.48 Å². The van der Waals surface area contributed by atoms with Gasteiger partial charge in [0.2, 0.25) is 0 Å². The fourth-order valence-corrected chi connectivity index (χ4v) is 2.88. The first-order chi connectivity index (χ1) is 10.0. The van der Waals surface area contributed by atoms with E-state index in [0.717, 1.165) is 18.5 Å². The van der Waals surface area contributed by atoms with Crippen LogP contribution in [0.15, 0.2) is 36.5 Å². The second-order valence-corrected chi connectivity index (χ2v) is 5.86. The van der Waals surface area contributed by atoms with E-state index in [9.17, 15) is 8.78 Å². The van der Waals surface area contributed by atoms with Crippen LogP contribution < -0.4 is 0 Å². The summed E-state index contributed by atoms with van der Waals surface area (Å²) in [5, 5.41) is 0. The van der Waals surface area contributed by atoms with Gasteiger partial charge in [-0.05, 0) is 31.2 Å². The third-order valence-corrected chi connectivity index (χ3v) is 4.25. The second kappa shape index (κ2) is 7.23. The number of alkyl halides is 2. The molecule has 1 aromatic rings. The Balaban J connectivity index is 2.14. The summed E-state index contributed by atoms with van der Waals surface area (Å²) in [6.45, 7) is 5.72. The van der Waals surface area contributed by atoms with E-state index in [0.29, 0.717) is 18.8 Å². The molecule has 0 aliphatic carbocycles. The smallest absolute Gasteiger partial charge is 0.133 e. The summed E-state index contributed by atoms with van der Waals surface area (Å²) in [7, 11) is 1.92. The number of hydrogen-bond donors (Lipinski definition) is 0. The van der Waals surface area contributed by atoms with E-state index >= 15 is 0 Å². The number of nitrogens with zero attached hydrogens (tertiary/aromatic N) is 2. The number of rotatable bonds is 5. The predicted octanol–water partition coefficient (Wildman–Crippen LogP) is 3.42. The molecule has 2 nitrogen and oxygen atoms in total. The minimum Gasteiger partial charge on any atom is -0.364 e. The molecule has 2 atom stereocenters. The van der Waals surface area contributed by atoms with Gasteiger partial charge in [0.25, 0.3) is 0 Å². The molecule has 5 heteroatoms. The van der Waals surface area contributed by atoms with Gasteiger partial charge in [-0.2, -0.15) is 0 Å². The van der Waals surface area contributed by atoms with Crippen LogP contribution in [0.2, 0.25) is 0 Å². The number of allylic oxidation sites excluding steroid dienone is 1. The van der Waals surface area contributed by atoms with Crippen LogP contribution >= 0.6 is 11.6 Å². The number of hydrogen-bond acceptors (Lipinski definition) is 2. The monoisotopic (exact) mass is 314 g/mol. The van der Waals surface area contributed by atoms with Gasteiger partial charge in [-0.3, -0.25) is 0 Å². The third kappa shape index (κ3) is 4.17. The number of piperidine rings is 1. The van der Waals surface area contributed by atoms with Crippen molar-refractivity contribution in [3.05, 3.63) is 47.9 Å². The molecular weight excluding hydrogens is 294 g/mol. The zero-order valence-electron chi connectivity index (χ0n) is 12.2. The van der Waals surface area contributed by atoms with Crippen molar-refractivity contribution in [3.63, 3.8) is 0 Å². The summed E-state index contributed by atoms with van der Waals surface area (Å²) < 4.78 is 27.4. The zero-order valence-corrected chi connectivity index (χ0v) is 13.0. The van der Waals surface area contributed by atoms with Crippen molar-refractivity contribution in [2.45, 2.75) is 25.2 Å². The molecule has 1 fully saturated rings. The van der Waals surface area contributed by atoms with E-state index < -0.39 is 6.17 Å². The van der Waals surface area contributed by atoms with Gasteiger partial charge in [0, 0.05) is 25.3 Å². The summed E-state index contributed by atoms with van der Waals surface area (Å²) in [5.74, 6) is -0.00981. The SMILES string of the molecule is C=C(CCl)N(Cc1ccc(F)cc1)[C@@H]1CCN(C)C[C@@H]1F. The normalized spacial score (nSPS) is 23.0. The van der Waals surface area contributed by atoms with E-state index in [1.165, 1.54) is 12.1 Å². The van der Waals surface area contributed by atoms with Crippen molar-refractivity contribution in [2.75, 3.05) is 26.0 Å². The lowest BCUT2D eigenvalue weighted by atomic mass is 10.00. The van der Waals surface area contributed by atoms with Gasteiger partial charge in [0.15, 0.2) is 0 Å². The average molecular weight is 315 g/mol. The summed E-state index contributed by atoms with van der Waals surface area (Å²) in [5.41, 5.74) is 1.63. The minimum atomic E-state index is -0.941. The van der Waals surface area contributed by atoms with Crippen LogP contribution in [-0.2, 0) is 6.54 Å². The standard InChI is InChI=1S/C16H21ClF2N2/c1-12(9-17)21(10-13-3-5-14(18)6-4-13)16-7-8-20(2)11-15(16)19/h3-6,15-16H,1,7-11H2,2H3/t15-,16+/m0/s1. The number of halogens is 3. The maximum Gasteiger partial charge on any atom is 0.133 e. The maximum atomic E-state index is 14.4. The van der Waals surface area contributed by atoms with Crippen LogP contribution in [0.1, 0.15) is 12.0 Å². The molecular formula is C16H21ClF2N2. The van der Waals surface area contributed by atoms with Gasteiger partial charge >= 0.3 is 0 Å². The van der Waals surface area contributed by atoms with Gasteiger partial charge in [-0.1, -0.05) is 18.7 Å². The Morgan fingerprint density at radius 1 is 1.43 bits per heavy atom. The quantitative estimate of drug-likeness (QED) is 0.768. The fraction of sp³-hybridized carbons (Fsp3) is 0.500. The minimum absolute atomic E-state index is 0.225. The third-order valence-electron chi connectivity index (χ3n) is 3.94. The molecule has 0 saturated carbocycles. The highest BCUT2D eigenvalue weighted by Gasteiger charge is 2.32. The second-order valence-electron chi connectivity index (χ2n) is 5.59. The molecule has 116 valence electrons. The Labute approximate surface area is 130 Å². The Hall–Kier alpha value is -1.13. The molecule has 0 spiro atoms. The Morgan fingerprint density at radius 2 is 2.10 bits per heavy atom. The summed E-state index contributed by atoms with van der Waals surface area (Å²) in [4.78, 5) is 3.92. The summed E-state index contributed by atoms with van der Waals surface area (Å²) >= 11 is 5.90. The average Bonchev–Trinajstić information content (AvgIpc) is 2.47. The predicted molar refractivity (Wildman–Crippen MR) is 82.6 cm³/mol. The summed E-state index contributed by atoms with van der Waals surface area (Å²) in [6.07, 6.45) is -0.210. The van der Waals surface area contributed by atoms with E-state index in [1.807, 2.05) is 16.8 Å². The highest BCUT2D eigenvalue weighted by Crippen LogP contribution is 2.25. The van der Waals surface area contributed by atoms with Crippen molar-refractivity contribution >= 4 is 11.6 Å². The van der Waals surface area contributed by atoms with Crippen molar-refractivity contribution in [1.29, 1.82) is 0 Å². The van der Waals surface area contributed by atoms with Gasteiger partial charge in [-0.25, -0.2) is 8.78 Å². The van der Waals surface area contributed by atoms with E-state index in [-0.39, 0.29) is 17.7 Å². The van der Waals surface area contributed by atoms with Crippen LogP contribution in [0.3, 0.4) is 0 Å². The molecule has 1 aromatic carbocycles. The fourth-order valence-electron chi connectivity index (χ4n) is 2.72. The molecule has 2 rings (SSSR count). The first-order valence-corrected chi connectivity index (χ1v) is 7.62. The molecule has 1 saturated heterocycles. The van der Waals surface area contributed by atoms with Crippen molar-refractivity contribution in [3.8, 4) is 0 Å². The largest absolute Gasteiger partial charge is 0.364 e. The molecule has 1 aliphatic heterocycles. The Morgan fingerprint density at radius 3 is 2.67 bits per heavy atom. The number of likely N-dealkylation sites (tertiary alicyclic amines) is 1. The summed E-state index contributed by atoms with van der Waals surface area (Å²) in [6, 6.07) is 6.03. The molecule has 0 amide bonds. The van der Waals surface area contributed by atoms with Gasteiger partial charge in [0.05, 0.1) is 11.9 Å². The van der Waals surface area contributed by atoms with Crippen LogP contribution in [0.5, 0.6) is 0 Å². The molecule has 0 aromatic heterocycles. The molecule has 1 aliphatic rings. The van der Waals surface area contributed by atoms with Crippen LogP contribution in [0.4, 0.5) is 8.78 Å². The maximum absolute atomic E-state index is 14.4. The molecule has 0 bridgehead atoms. The van der Waals surface area contributed by atoms with E-state index in [4.69, 9.17) is 11.6 Å². The lowest BCUT2D eigenvalue weighted by molar-refractivity contribution is 0.0588. The molecule has 0 N–H and O–H groups in total. The van der Waals surface area contributed by atoms with Crippen LogP contribution in [0, 0.1) is 5.82 Å². The first-order valence-electron chi connectivity index (χ1n) is 7.08. The van der Waals surface area contributed by atoms with Crippen molar-refractivity contribution in [2.24, 2.45) is 0 Å². The molecule has 1 heterocycles. The lowest BCUT2D eigenvalue weighted by Gasteiger charge is -2.41. The van der Waals surface area contributed by atoms with Gasteiger partial charge in [-0.15, -0.1) is 11.6 Å². The first kappa shape index (κ1) is 16.2. The van der Waals surface area contributed by atoms with Crippen molar-refractivity contribution in [1.82, 2.24) is 9.80 Å². The van der Waals surface area contributed by atoms with E-state index in [2.05, 4.69) is 6.58 Å². The number of benzene rings is 1. The zero-order chi connectivity index (χ0) is 15.4. The molecule has 21 heavy (non-hydrogen) atoms. The van der Waals surface area contributed by atoms with Crippen LogP contribution in [-0.4, -0.2) is 48.0 Å². The van der Waals surface area contributed by atoms with Gasteiger partial charge in [0.1, 0.15) is 12.0 Å². The van der Waals surface area contributed by atoms with Crippen molar-refractivity contribution < 1.29 is 8.78 Å². The molecule has 0 radical (unpaired) electrons. The lowest BCUT2D eigenvalue weighted by Crippen LogP contribution is -2.50. The highest BCUT2D eigenvalue weighted by molar-refractivity contribution is 6.19. The van der Waals surface area contributed by atoms with E-state index in [1.54, 1.807) is 12.1 Å².